The molecule has 10 heteroatoms. The first-order valence-corrected chi connectivity index (χ1v) is 49.5. The minimum Gasteiger partial charge on any atom is -0.756 e. The van der Waals surface area contributed by atoms with Crippen molar-refractivity contribution in [2.45, 2.75) is 534 Å². The van der Waals surface area contributed by atoms with E-state index in [9.17, 15) is 19.0 Å². The summed E-state index contributed by atoms with van der Waals surface area (Å²) >= 11 is 0. The van der Waals surface area contributed by atoms with Gasteiger partial charge in [-0.1, -0.05) is 494 Å². The lowest BCUT2D eigenvalue weighted by Gasteiger charge is -2.28. The zero-order valence-corrected chi connectivity index (χ0v) is 73.3. The lowest BCUT2D eigenvalue weighted by atomic mass is 10.0. The lowest BCUT2D eigenvalue weighted by molar-refractivity contribution is -0.870. The van der Waals surface area contributed by atoms with Gasteiger partial charge in [-0.05, 0) is 44.9 Å². The number of nitrogens with zero attached hydrogens (tertiary/aromatic N) is 1. The molecule has 0 aliphatic carbocycles. The molecule has 0 aromatic carbocycles. The molecule has 0 radical (unpaired) electrons. The lowest BCUT2D eigenvalue weighted by Crippen LogP contribution is -2.37. The van der Waals surface area contributed by atoms with E-state index in [2.05, 4.69) is 38.2 Å². The Morgan fingerprint density at radius 3 is 0.745 bits per heavy atom. The van der Waals surface area contributed by atoms with Gasteiger partial charge >= 0.3 is 11.9 Å². The van der Waals surface area contributed by atoms with Crippen molar-refractivity contribution in [3.05, 3.63) is 24.3 Å². The summed E-state index contributed by atoms with van der Waals surface area (Å²) in [5, 5.41) is 0. The van der Waals surface area contributed by atoms with Crippen molar-refractivity contribution < 1.29 is 42.1 Å². The molecule has 0 saturated heterocycles. The van der Waals surface area contributed by atoms with E-state index in [-0.39, 0.29) is 32.0 Å². The van der Waals surface area contributed by atoms with Crippen LogP contribution in [0, 0.1) is 0 Å². The Bertz CT molecular complexity index is 1830. The topological polar surface area (TPSA) is 111 Å². The summed E-state index contributed by atoms with van der Waals surface area (Å²) in [6.07, 6.45) is 115. The van der Waals surface area contributed by atoms with Crippen LogP contribution in [0.4, 0.5) is 0 Å². The van der Waals surface area contributed by atoms with Gasteiger partial charge in [0.25, 0.3) is 7.82 Å². The second kappa shape index (κ2) is 87.5. The number of phosphoric ester groups is 1. The maximum atomic E-state index is 12.9. The van der Waals surface area contributed by atoms with E-state index in [1.54, 1.807) is 0 Å². The number of carbonyl (C=O) groups is 2. The molecule has 0 aliphatic rings. The molecule has 2 unspecified atom stereocenters. The van der Waals surface area contributed by atoms with E-state index >= 15 is 0 Å². The third-order valence-electron chi connectivity index (χ3n) is 22.5. The van der Waals surface area contributed by atoms with Crippen molar-refractivity contribution in [2.24, 2.45) is 0 Å². The number of quaternary nitrogens is 1. The molecule has 0 bridgehead atoms. The van der Waals surface area contributed by atoms with E-state index in [0.29, 0.717) is 17.4 Å². The minimum absolute atomic E-state index is 0.0256. The SMILES string of the molecule is CCCCCCC/C=C\C/C=C\CCCCCCCCCCCCCCCCCCCCCCCCCCCCCCCC(=O)OC(COC(=O)CCCCCCCCCCCCCCCCCCCCCCCCCCCCCCCCCCCCCCCCCCC)COP(=O)([O-])OCC[N+](C)(C)C. The van der Waals surface area contributed by atoms with Crippen LogP contribution in [0.1, 0.15) is 528 Å². The Morgan fingerprint density at radius 1 is 0.292 bits per heavy atom. The highest BCUT2D eigenvalue weighted by Gasteiger charge is 2.22. The smallest absolute Gasteiger partial charge is 0.306 e. The van der Waals surface area contributed by atoms with Gasteiger partial charge in [0, 0.05) is 12.8 Å². The highest BCUT2D eigenvalue weighted by molar-refractivity contribution is 7.45. The van der Waals surface area contributed by atoms with Crippen LogP contribution < -0.4 is 4.89 Å². The van der Waals surface area contributed by atoms with Crippen LogP contribution in [0.15, 0.2) is 24.3 Å². The molecule has 0 N–H and O–H groups in total. The molecule has 106 heavy (non-hydrogen) atoms. The third kappa shape index (κ3) is 91.4. The number of allylic oxidation sites excluding steroid dienone is 4. The van der Waals surface area contributed by atoms with Gasteiger partial charge in [0.15, 0.2) is 6.10 Å². The number of carbonyl (C=O) groups excluding carboxylic acids is 2. The average molecular weight is 1520 g/mol. The number of hydrogen-bond donors (Lipinski definition) is 0. The fourth-order valence-corrected chi connectivity index (χ4v) is 15.9. The van der Waals surface area contributed by atoms with Crippen LogP contribution in [0.5, 0.6) is 0 Å². The first kappa shape index (κ1) is 104. The van der Waals surface area contributed by atoms with Crippen LogP contribution in [0.25, 0.3) is 0 Å². The Morgan fingerprint density at radius 2 is 0.509 bits per heavy atom. The van der Waals surface area contributed by atoms with Gasteiger partial charge in [0.05, 0.1) is 27.7 Å². The molecule has 0 fully saturated rings. The average Bonchev–Trinajstić information content (AvgIpc) is 0.908. The fraction of sp³-hybridized carbons (Fsp3) is 0.938. The Kier molecular flexibility index (Phi) is 86.2. The van der Waals surface area contributed by atoms with Gasteiger partial charge in [-0.15, -0.1) is 0 Å². The Hall–Kier alpha value is -1.51. The van der Waals surface area contributed by atoms with E-state index in [1.165, 1.54) is 456 Å². The molecule has 2 atom stereocenters. The summed E-state index contributed by atoms with van der Waals surface area (Å²) in [7, 11) is 1.20. The second-order valence-corrected chi connectivity index (χ2v) is 35.9. The number of phosphoric acid groups is 1. The van der Waals surface area contributed by atoms with Gasteiger partial charge in [-0.2, -0.15) is 0 Å². The van der Waals surface area contributed by atoms with Crippen molar-refractivity contribution in [3.8, 4) is 0 Å². The predicted molar refractivity (Wildman–Crippen MR) is 462 cm³/mol. The standard InChI is InChI=1S/C96H188NO8P/c1-6-8-10-12-14-16-18-20-22-24-26-28-30-32-34-36-38-40-42-44-46-48-50-52-54-56-58-60-62-64-66-68-70-72-74-76-78-80-82-84-86-88-95(98)102-92-94(93-104-106(100,101)103-91-90-97(3,4)5)105-96(99)89-87-85-83-81-79-77-75-73-71-69-67-65-63-61-59-57-55-53-51-49-47-45-43-41-39-37-35-33-31-29-27-25-23-21-19-17-15-13-11-9-7-2/h19,21,25,27,94H,6-18,20,22-24,26,28-93H2,1-5H3/b21-19-,27-25-. The van der Waals surface area contributed by atoms with Gasteiger partial charge in [-0.25, -0.2) is 0 Å². The number of rotatable bonds is 92. The predicted octanol–water partition coefficient (Wildman–Crippen LogP) is 32.0. The molecule has 0 spiro atoms. The number of ether oxygens (including phenoxy) is 2. The molecule has 0 aliphatic heterocycles. The number of esters is 2. The minimum atomic E-state index is -4.64. The molecule has 0 amide bonds. The summed E-state index contributed by atoms with van der Waals surface area (Å²) in [5.74, 6) is -0.799. The summed E-state index contributed by atoms with van der Waals surface area (Å²) in [6, 6.07) is 0. The Balaban J connectivity index is 3.79. The summed E-state index contributed by atoms with van der Waals surface area (Å²) in [5.41, 5.74) is 0. The quantitative estimate of drug-likeness (QED) is 0.0195. The van der Waals surface area contributed by atoms with Crippen molar-refractivity contribution in [1.29, 1.82) is 0 Å². The molecule has 0 heterocycles. The van der Waals surface area contributed by atoms with Crippen molar-refractivity contribution in [2.75, 3.05) is 47.5 Å². The first-order valence-electron chi connectivity index (χ1n) is 48.0. The monoisotopic (exact) mass is 1510 g/mol. The van der Waals surface area contributed by atoms with E-state index in [4.69, 9.17) is 18.5 Å². The number of hydrogen-bond acceptors (Lipinski definition) is 8. The number of likely N-dealkylation sites (N-methyl/N-ethyl adjacent to an activating group) is 1. The normalized spacial score (nSPS) is 12.9. The highest BCUT2D eigenvalue weighted by Crippen LogP contribution is 2.38. The van der Waals surface area contributed by atoms with Crippen LogP contribution in [-0.2, 0) is 32.7 Å². The molecular formula is C96H188NO8P. The molecule has 0 saturated carbocycles. The van der Waals surface area contributed by atoms with Crippen LogP contribution >= 0.6 is 7.82 Å². The third-order valence-corrected chi connectivity index (χ3v) is 23.4. The van der Waals surface area contributed by atoms with Gasteiger partial charge in [0.2, 0.25) is 0 Å². The second-order valence-electron chi connectivity index (χ2n) is 34.5. The van der Waals surface area contributed by atoms with Crippen molar-refractivity contribution in [1.82, 2.24) is 0 Å². The van der Waals surface area contributed by atoms with E-state index < -0.39 is 26.5 Å². The summed E-state index contributed by atoms with van der Waals surface area (Å²) in [6.45, 7) is 4.34. The summed E-state index contributed by atoms with van der Waals surface area (Å²) in [4.78, 5) is 38.3. The van der Waals surface area contributed by atoms with Crippen LogP contribution in [0.2, 0.25) is 0 Å². The maximum Gasteiger partial charge on any atom is 0.306 e. The van der Waals surface area contributed by atoms with Crippen molar-refractivity contribution >= 4 is 19.8 Å². The largest absolute Gasteiger partial charge is 0.756 e. The molecule has 0 aromatic rings. The maximum absolute atomic E-state index is 12.9. The molecule has 0 aromatic heterocycles. The van der Waals surface area contributed by atoms with Gasteiger partial charge in [-0.3, -0.25) is 14.2 Å². The van der Waals surface area contributed by atoms with Crippen molar-refractivity contribution in [3.63, 3.8) is 0 Å². The molecule has 0 rings (SSSR count). The summed E-state index contributed by atoms with van der Waals surface area (Å²) < 4.78 is 34.5. The van der Waals surface area contributed by atoms with E-state index in [0.717, 1.165) is 38.5 Å². The highest BCUT2D eigenvalue weighted by atomic mass is 31.2. The zero-order valence-electron chi connectivity index (χ0n) is 72.4. The molecule has 630 valence electrons. The van der Waals surface area contributed by atoms with Crippen LogP contribution in [0.3, 0.4) is 0 Å². The fourth-order valence-electron chi connectivity index (χ4n) is 15.2. The van der Waals surface area contributed by atoms with Gasteiger partial charge < -0.3 is 27.9 Å². The molecule has 9 nitrogen and oxygen atoms in total. The Labute approximate surface area is 663 Å². The first-order chi connectivity index (χ1) is 52.0. The van der Waals surface area contributed by atoms with Gasteiger partial charge in [0.1, 0.15) is 19.8 Å². The molecular weight excluding hydrogens is 1330 g/mol. The van der Waals surface area contributed by atoms with E-state index in [1.807, 2.05) is 21.1 Å². The number of unbranched alkanes of at least 4 members (excludes halogenated alkanes) is 74. The zero-order chi connectivity index (χ0) is 76.8. The van der Waals surface area contributed by atoms with Crippen LogP contribution in [-0.4, -0.2) is 70.0 Å².